The number of carbonyl (C=O) groups excluding carboxylic acids is 2. The molecule has 3 amide bonds. The number of carbonyl (C=O) groups is 2. The van der Waals surface area contributed by atoms with E-state index in [2.05, 4.69) is 20.6 Å². The first-order valence-electron chi connectivity index (χ1n) is 10.8. The van der Waals surface area contributed by atoms with Crippen molar-refractivity contribution in [3.8, 4) is 0 Å². The maximum atomic E-state index is 12.6. The molecule has 33 heavy (non-hydrogen) atoms. The van der Waals surface area contributed by atoms with Gasteiger partial charge in [0.1, 0.15) is 0 Å². The van der Waals surface area contributed by atoms with Crippen LogP contribution in [0.4, 0.5) is 4.79 Å². The van der Waals surface area contributed by atoms with Crippen LogP contribution in [0.3, 0.4) is 0 Å². The van der Waals surface area contributed by atoms with E-state index in [-0.39, 0.29) is 18.5 Å². The molecule has 0 saturated heterocycles. The van der Waals surface area contributed by atoms with Crippen LogP contribution in [0.1, 0.15) is 16.8 Å². The number of halogens is 2. The molecular weight excluding hydrogens is 461 g/mol. The van der Waals surface area contributed by atoms with Crippen LogP contribution < -0.4 is 10.6 Å². The average Bonchev–Trinajstić information content (AvgIpc) is 3.37. The van der Waals surface area contributed by atoms with E-state index >= 15 is 0 Å². The Morgan fingerprint density at radius 2 is 1.76 bits per heavy atom. The highest BCUT2D eigenvalue weighted by Crippen LogP contribution is 2.29. The molecule has 0 atom stereocenters. The fraction of sp³-hybridized carbons (Fsp3) is 0.250. The highest BCUT2D eigenvalue weighted by molar-refractivity contribution is 6.31. The zero-order valence-corrected chi connectivity index (χ0v) is 19.3. The Kier molecular flexibility index (Phi) is 5.91. The van der Waals surface area contributed by atoms with Crippen molar-refractivity contribution in [3.63, 3.8) is 0 Å². The van der Waals surface area contributed by atoms with Gasteiger partial charge in [-0.3, -0.25) is 4.79 Å². The lowest BCUT2D eigenvalue weighted by Crippen LogP contribution is -2.46. The van der Waals surface area contributed by atoms with Crippen LogP contribution in [-0.4, -0.2) is 46.4 Å². The minimum Gasteiger partial charge on any atom is -0.361 e. The highest BCUT2D eigenvalue weighted by Gasteiger charge is 2.24. The molecule has 0 spiro atoms. The van der Waals surface area contributed by atoms with Crippen molar-refractivity contribution in [2.24, 2.45) is 0 Å². The van der Waals surface area contributed by atoms with Crippen molar-refractivity contribution in [2.45, 2.75) is 19.4 Å². The molecule has 2 aromatic heterocycles. The smallest absolute Gasteiger partial charge is 0.318 e. The minimum absolute atomic E-state index is 0.0653. The number of nitrogens with zero attached hydrogens (tertiary/aromatic N) is 1. The normalized spacial score (nSPS) is 13.3. The third kappa shape index (κ3) is 4.51. The lowest BCUT2D eigenvalue weighted by molar-refractivity contribution is -0.120. The summed E-state index contributed by atoms with van der Waals surface area (Å²) in [4.78, 5) is 33.1. The molecule has 170 valence electrons. The summed E-state index contributed by atoms with van der Waals surface area (Å²) >= 11 is 12.2. The van der Waals surface area contributed by atoms with Crippen LogP contribution in [0.5, 0.6) is 0 Å². The van der Waals surface area contributed by atoms with Gasteiger partial charge in [0.2, 0.25) is 5.91 Å². The van der Waals surface area contributed by atoms with E-state index < -0.39 is 0 Å². The van der Waals surface area contributed by atoms with Gasteiger partial charge in [-0.25, -0.2) is 4.79 Å². The Morgan fingerprint density at radius 1 is 1.00 bits per heavy atom. The summed E-state index contributed by atoms with van der Waals surface area (Å²) in [7, 11) is 0. The summed E-state index contributed by atoms with van der Waals surface area (Å²) in [6.07, 6.45) is 3.33. The number of hydrogen-bond donors (Lipinski definition) is 4. The summed E-state index contributed by atoms with van der Waals surface area (Å²) in [5, 5.41) is 9.11. The van der Waals surface area contributed by atoms with Crippen molar-refractivity contribution in [2.75, 3.05) is 19.6 Å². The first-order chi connectivity index (χ1) is 16.0. The SMILES string of the molecule is O=C(CNC(=O)N1CCc2c([nH]c3ccc(Cl)cc23)C1)NCCc1c[nH]c2ccc(Cl)cc12. The average molecular weight is 484 g/mol. The van der Waals surface area contributed by atoms with Gasteiger partial charge in [0.15, 0.2) is 0 Å². The predicted molar refractivity (Wildman–Crippen MR) is 131 cm³/mol. The molecule has 2 aromatic carbocycles. The van der Waals surface area contributed by atoms with Gasteiger partial charge in [-0.05, 0) is 60.4 Å². The number of H-pyrrole nitrogens is 2. The fourth-order valence-corrected chi connectivity index (χ4v) is 4.75. The van der Waals surface area contributed by atoms with E-state index in [1.807, 2.05) is 42.6 Å². The highest BCUT2D eigenvalue weighted by atomic mass is 35.5. The second-order valence-electron chi connectivity index (χ2n) is 8.21. The van der Waals surface area contributed by atoms with Crippen molar-refractivity contribution < 1.29 is 9.59 Å². The maximum absolute atomic E-state index is 12.6. The molecule has 0 unspecified atom stereocenters. The number of rotatable bonds is 5. The zero-order chi connectivity index (χ0) is 22.9. The Bertz CT molecular complexity index is 1360. The van der Waals surface area contributed by atoms with Crippen molar-refractivity contribution >= 4 is 56.9 Å². The van der Waals surface area contributed by atoms with E-state index in [9.17, 15) is 9.59 Å². The molecule has 4 aromatic rings. The van der Waals surface area contributed by atoms with Crippen LogP contribution in [0.25, 0.3) is 21.8 Å². The predicted octanol–water partition coefficient (Wildman–Crippen LogP) is 4.38. The lowest BCUT2D eigenvalue weighted by atomic mass is 10.0. The third-order valence-corrected chi connectivity index (χ3v) is 6.54. The number of amides is 3. The molecule has 4 N–H and O–H groups in total. The standard InChI is InChI=1S/C24H23Cl2N5O2/c25-15-1-3-20-18(9-15)14(11-28-20)5-7-27-23(32)12-29-24(33)31-8-6-17-19-10-16(26)2-4-21(19)30-22(17)13-31/h1-4,9-11,28,30H,5-8,12-13H2,(H,27,32)(H,29,33). The van der Waals surface area contributed by atoms with E-state index in [0.717, 1.165) is 39.5 Å². The van der Waals surface area contributed by atoms with Gasteiger partial charge in [-0.15, -0.1) is 0 Å². The van der Waals surface area contributed by atoms with E-state index in [4.69, 9.17) is 23.2 Å². The van der Waals surface area contributed by atoms with Crippen molar-refractivity contribution in [1.29, 1.82) is 0 Å². The molecule has 0 saturated carbocycles. The van der Waals surface area contributed by atoms with Gasteiger partial charge in [-0.1, -0.05) is 23.2 Å². The first-order valence-corrected chi connectivity index (χ1v) is 11.6. The summed E-state index contributed by atoms with van der Waals surface area (Å²) in [6.45, 7) is 1.46. The van der Waals surface area contributed by atoms with Crippen LogP contribution in [-0.2, 0) is 24.2 Å². The summed E-state index contributed by atoms with van der Waals surface area (Å²) in [6, 6.07) is 11.2. The van der Waals surface area contributed by atoms with E-state index in [0.29, 0.717) is 36.1 Å². The fourth-order valence-electron chi connectivity index (χ4n) is 4.41. The molecule has 1 aliphatic heterocycles. The zero-order valence-electron chi connectivity index (χ0n) is 17.8. The lowest BCUT2D eigenvalue weighted by Gasteiger charge is -2.27. The molecule has 0 radical (unpaired) electrons. The monoisotopic (exact) mass is 483 g/mol. The molecule has 0 fully saturated rings. The van der Waals surface area contributed by atoms with Crippen molar-refractivity contribution in [3.05, 3.63) is 69.5 Å². The van der Waals surface area contributed by atoms with Crippen LogP contribution in [0.15, 0.2) is 42.6 Å². The molecule has 5 rings (SSSR count). The van der Waals surface area contributed by atoms with Gasteiger partial charge in [0.05, 0.1) is 13.1 Å². The number of aromatic amines is 2. The molecule has 1 aliphatic rings. The van der Waals surface area contributed by atoms with Crippen LogP contribution in [0, 0.1) is 0 Å². The Labute approximate surface area is 200 Å². The second kappa shape index (κ2) is 9.00. The quantitative estimate of drug-likeness (QED) is 0.339. The summed E-state index contributed by atoms with van der Waals surface area (Å²) in [5.74, 6) is -0.223. The van der Waals surface area contributed by atoms with Gasteiger partial charge in [0, 0.05) is 56.8 Å². The number of fused-ring (bicyclic) bond motifs is 4. The molecule has 3 heterocycles. The first kappa shape index (κ1) is 21.7. The van der Waals surface area contributed by atoms with E-state index in [1.165, 1.54) is 5.56 Å². The molecule has 9 heteroatoms. The second-order valence-corrected chi connectivity index (χ2v) is 9.08. The van der Waals surface area contributed by atoms with Gasteiger partial charge in [0.25, 0.3) is 0 Å². The number of benzene rings is 2. The molecular formula is C24H23Cl2N5O2. The maximum Gasteiger partial charge on any atom is 0.318 e. The minimum atomic E-state index is -0.251. The number of urea groups is 1. The number of nitrogens with one attached hydrogen (secondary N) is 4. The number of aromatic nitrogens is 2. The van der Waals surface area contributed by atoms with Crippen LogP contribution >= 0.6 is 23.2 Å². The molecule has 0 bridgehead atoms. The third-order valence-electron chi connectivity index (χ3n) is 6.07. The van der Waals surface area contributed by atoms with Gasteiger partial charge in [-0.2, -0.15) is 0 Å². The Morgan fingerprint density at radius 3 is 2.58 bits per heavy atom. The van der Waals surface area contributed by atoms with Crippen molar-refractivity contribution in [1.82, 2.24) is 25.5 Å². The molecule has 0 aliphatic carbocycles. The van der Waals surface area contributed by atoms with Crippen LogP contribution in [0.2, 0.25) is 10.0 Å². The van der Waals surface area contributed by atoms with Gasteiger partial charge < -0.3 is 25.5 Å². The Hall–Kier alpha value is -3.16. The summed E-state index contributed by atoms with van der Waals surface area (Å²) in [5.41, 5.74) is 5.32. The van der Waals surface area contributed by atoms with Gasteiger partial charge >= 0.3 is 6.03 Å². The largest absolute Gasteiger partial charge is 0.361 e. The summed E-state index contributed by atoms with van der Waals surface area (Å²) < 4.78 is 0. The Balaban J connectivity index is 1.11. The molecule has 7 nitrogen and oxygen atoms in total. The number of hydrogen-bond acceptors (Lipinski definition) is 2. The van der Waals surface area contributed by atoms with E-state index in [1.54, 1.807) is 4.90 Å². The topological polar surface area (TPSA) is 93.0 Å².